The molecule has 0 amide bonds. The molecule has 1 unspecified atom stereocenters. The third kappa shape index (κ3) is 5.89. The predicted octanol–water partition coefficient (Wildman–Crippen LogP) is 2.02. The summed E-state index contributed by atoms with van der Waals surface area (Å²) >= 11 is 11.0. The molecule has 1 atom stereocenters. The van der Waals surface area contributed by atoms with Crippen LogP contribution in [-0.4, -0.2) is 44.3 Å². The molecular weight excluding hydrogens is 255 g/mol. The summed E-state index contributed by atoms with van der Waals surface area (Å²) in [6, 6.07) is 0. The van der Waals surface area contributed by atoms with Crippen molar-refractivity contribution in [3.05, 3.63) is 0 Å². The van der Waals surface area contributed by atoms with E-state index in [2.05, 4.69) is 4.74 Å². The third-order valence-corrected chi connectivity index (χ3v) is 2.30. The molecule has 6 heteroatoms. The fourth-order valence-electron chi connectivity index (χ4n) is 1.22. The number of carbonyl (C=O) groups excluding carboxylic acids is 1. The van der Waals surface area contributed by atoms with Crippen molar-refractivity contribution in [2.75, 3.05) is 32.1 Å². The number of rotatable bonds is 9. The van der Waals surface area contributed by atoms with Crippen molar-refractivity contribution in [2.24, 2.45) is 5.92 Å². The van der Waals surface area contributed by atoms with Gasteiger partial charge in [-0.25, -0.2) is 0 Å². The highest BCUT2D eigenvalue weighted by molar-refractivity contribution is 6.18. The van der Waals surface area contributed by atoms with Crippen molar-refractivity contribution in [3.63, 3.8) is 0 Å². The molecule has 0 aliphatic rings. The van der Waals surface area contributed by atoms with Crippen LogP contribution in [0.1, 0.15) is 13.3 Å². The minimum absolute atomic E-state index is 0.321. The Morgan fingerprint density at radius 2 is 1.69 bits per heavy atom. The molecule has 0 aromatic heterocycles. The molecule has 0 aliphatic heterocycles. The molecule has 0 saturated carbocycles. The molecule has 16 heavy (non-hydrogen) atoms. The fraction of sp³-hybridized carbons (Fsp3) is 0.900. The van der Waals surface area contributed by atoms with E-state index in [1.807, 2.05) is 6.92 Å². The van der Waals surface area contributed by atoms with Gasteiger partial charge in [-0.05, 0) is 6.42 Å². The summed E-state index contributed by atoms with van der Waals surface area (Å²) in [7, 11) is 1.34. The van der Waals surface area contributed by atoms with Crippen molar-refractivity contribution >= 4 is 29.2 Å². The fourth-order valence-corrected chi connectivity index (χ4v) is 1.40. The Kier molecular flexibility index (Phi) is 10.1. The van der Waals surface area contributed by atoms with E-state index in [0.717, 1.165) is 0 Å². The SMILES string of the molecule is CCC(C(=O)OC)C(OCCCl)OCCCl. The molecule has 4 nitrogen and oxygen atoms in total. The normalized spacial score (nSPS) is 12.8. The maximum atomic E-state index is 11.5. The lowest BCUT2D eigenvalue weighted by Gasteiger charge is -2.24. The maximum Gasteiger partial charge on any atom is 0.313 e. The largest absolute Gasteiger partial charge is 0.469 e. The number of carbonyl (C=O) groups is 1. The van der Waals surface area contributed by atoms with Gasteiger partial charge in [0.25, 0.3) is 0 Å². The minimum Gasteiger partial charge on any atom is -0.469 e. The maximum absolute atomic E-state index is 11.5. The summed E-state index contributed by atoms with van der Waals surface area (Å²) in [4.78, 5) is 11.5. The van der Waals surface area contributed by atoms with E-state index >= 15 is 0 Å². The van der Waals surface area contributed by atoms with Crippen molar-refractivity contribution in [1.82, 2.24) is 0 Å². The van der Waals surface area contributed by atoms with Crippen LogP contribution in [0.25, 0.3) is 0 Å². The summed E-state index contributed by atoms with van der Waals surface area (Å²) < 4.78 is 15.4. The number of alkyl halides is 2. The van der Waals surface area contributed by atoms with E-state index < -0.39 is 12.2 Å². The number of hydrogen-bond donors (Lipinski definition) is 0. The van der Waals surface area contributed by atoms with Crippen LogP contribution in [0.5, 0.6) is 0 Å². The van der Waals surface area contributed by atoms with Crippen molar-refractivity contribution in [3.8, 4) is 0 Å². The molecule has 0 spiro atoms. The third-order valence-electron chi connectivity index (χ3n) is 1.99. The van der Waals surface area contributed by atoms with Crippen LogP contribution in [0.3, 0.4) is 0 Å². The van der Waals surface area contributed by atoms with Crippen molar-refractivity contribution in [2.45, 2.75) is 19.6 Å². The van der Waals surface area contributed by atoms with E-state index in [1.54, 1.807) is 0 Å². The second-order valence-corrected chi connectivity index (χ2v) is 3.78. The van der Waals surface area contributed by atoms with Gasteiger partial charge in [0, 0.05) is 11.8 Å². The molecule has 0 aliphatic carbocycles. The molecule has 0 aromatic carbocycles. The lowest BCUT2D eigenvalue weighted by molar-refractivity contribution is -0.187. The Balaban J connectivity index is 4.35. The topological polar surface area (TPSA) is 44.8 Å². The van der Waals surface area contributed by atoms with Crippen LogP contribution < -0.4 is 0 Å². The monoisotopic (exact) mass is 272 g/mol. The predicted molar refractivity (Wildman–Crippen MR) is 62.9 cm³/mol. The van der Waals surface area contributed by atoms with E-state index in [9.17, 15) is 4.79 Å². The number of methoxy groups -OCH3 is 1. The molecule has 0 radical (unpaired) electrons. The smallest absolute Gasteiger partial charge is 0.313 e. The van der Waals surface area contributed by atoms with E-state index in [1.165, 1.54) is 7.11 Å². The number of esters is 1. The van der Waals surface area contributed by atoms with Crippen LogP contribution in [-0.2, 0) is 19.0 Å². The molecule has 0 N–H and O–H groups in total. The van der Waals surface area contributed by atoms with Gasteiger partial charge in [-0.3, -0.25) is 4.79 Å². The standard InChI is InChI=1S/C10H18Cl2O4/c1-3-8(9(13)14-2)10(15-6-4-11)16-7-5-12/h8,10H,3-7H2,1-2H3. The first-order chi connectivity index (χ1) is 7.71. The first kappa shape index (κ1) is 16.0. The van der Waals surface area contributed by atoms with Gasteiger partial charge in [0.15, 0.2) is 6.29 Å². The van der Waals surface area contributed by atoms with Gasteiger partial charge in [0.1, 0.15) is 5.92 Å². The van der Waals surface area contributed by atoms with Crippen molar-refractivity contribution < 1.29 is 19.0 Å². The summed E-state index contributed by atoms with van der Waals surface area (Å²) in [5.41, 5.74) is 0. The first-order valence-corrected chi connectivity index (χ1v) is 6.21. The van der Waals surface area contributed by atoms with Gasteiger partial charge in [-0.2, -0.15) is 0 Å². The lowest BCUT2D eigenvalue weighted by Crippen LogP contribution is -2.34. The Morgan fingerprint density at radius 3 is 2.00 bits per heavy atom. The molecule has 0 rings (SSSR count). The highest BCUT2D eigenvalue weighted by Gasteiger charge is 2.29. The van der Waals surface area contributed by atoms with Gasteiger partial charge in [-0.15, -0.1) is 23.2 Å². The van der Waals surface area contributed by atoms with Gasteiger partial charge >= 0.3 is 5.97 Å². The number of halogens is 2. The van der Waals surface area contributed by atoms with Crippen LogP contribution in [0.4, 0.5) is 0 Å². The van der Waals surface area contributed by atoms with Gasteiger partial charge in [0.2, 0.25) is 0 Å². The number of ether oxygens (including phenoxy) is 3. The van der Waals surface area contributed by atoms with Gasteiger partial charge in [0.05, 0.1) is 20.3 Å². The van der Waals surface area contributed by atoms with E-state index in [0.29, 0.717) is 31.4 Å². The highest BCUT2D eigenvalue weighted by Crippen LogP contribution is 2.16. The summed E-state index contributed by atoms with van der Waals surface area (Å²) in [6.45, 7) is 2.51. The molecule has 0 fully saturated rings. The average molecular weight is 273 g/mol. The Bertz CT molecular complexity index is 182. The summed E-state index contributed by atoms with van der Waals surface area (Å²) in [5.74, 6) is -0.107. The molecule has 96 valence electrons. The zero-order valence-corrected chi connectivity index (χ0v) is 11.1. The summed E-state index contributed by atoms with van der Waals surface area (Å²) in [5, 5.41) is 0. The Hall–Kier alpha value is -0.0300. The second kappa shape index (κ2) is 10.1. The lowest BCUT2D eigenvalue weighted by atomic mass is 10.1. The van der Waals surface area contributed by atoms with Crippen molar-refractivity contribution in [1.29, 1.82) is 0 Å². The molecule has 0 aromatic rings. The molecule has 0 bridgehead atoms. The molecule has 0 heterocycles. The Labute approximate surface area is 106 Å². The zero-order chi connectivity index (χ0) is 12.4. The van der Waals surface area contributed by atoms with Crippen LogP contribution in [0.15, 0.2) is 0 Å². The van der Waals surface area contributed by atoms with Crippen LogP contribution >= 0.6 is 23.2 Å². The van der Waals surface area contributed by atoms with E-state index in [4.69, 9.17) is 32.7 Å². The zero-order valence-electron chi connectivity index (χ0n) is 9.58. The van der Waals surface area contributed by atoms with Gasteiger partial charge < -0.3 is 14.2 Å². The summed E-state index contributed by atoms with van der Waals surface area (Å²) in [6.07, 6.45) is -0.0722. The van der Waals surface area contributed by atoms with Gasteiger partial charge in [-0.1, -0.05) is 6.92 Å². The Morgan fingerprint density at radius 1 is 1.19 bits per heavy atom. The molecular formula is C10H18Cl2O4. The molecule has 0 saturated heterocycles. The quantitative estimate of drug-likeness (QED) is 0.366. The second-order valence-electron chi connectivity index (χ2n) is 3.03. The minimum atomic E-state index is -0.644. The average Bonchev–Trinajstić information content (AvgIpc) is 2.32. The first-order valence-electron chi connectivity index (χ1n) is 5.14. The van der Waals surface area contributed by atoms with Crippen LogP contribution in [0.2, 0.25) is 0 Å². The highest BCUT2D eigenvalue weighted by atomic mass is 35.5. The number of hydrogen-bond acceptors (Lipinski definition) is 4. The van der Waals surface area contributed by atoms with E-state index in [-0.39, 0.29) is 5.97 Å². The van der Waals surface area contributed by atoms with Crippen LogP contribution in [0, 0.1) is 5.92 Å².